The standard InChI is InChI=1S/C4H10BNO/c1-2-3-5-4(6)7/h5H,2-3H2,1H3,(H2,6,7). The van der Waals surface area contributed by atoms with Gasteiger partial charge in [-0.25, -0.2) is 0 Å². The van der Waals surface area contributed by atoms with Gasteiger partial charge in [0.25, 0.3) is 0 Å². The van der Waals surface area contributed by atoms with Gasteiger partial charge in [-0.15, -0.1) is 0 Å². The Kier molecular flexibility index (Phi) is 3.47. The molecule has 0 aliphatic heterocycles. The molecular formula is C4H10BNO. The molecule has 2 N–H and O–H groups in total. The van der Waals surface area contributed by atoms with Gasteiger partial charge in [-0.05, 0) is 0 Å². The Labute approximate surface area is 44.3 Å². The van der Waals surface area contributed by atoms with E-state index in [1.54, 1.807) is 0 Å². The molecule has 0 unspecified atom stereocenters. The van der Waals surface area contributed by atoms with Crippen molar-refractivity contribution in [1.29, 1.82) is 0 Å². The molecule has 40 valence electrons. The zero-order valence-electron chi connectivity index (χ0n) is 4.61. The van der Waals surface area contributed by atoms with Gasteiger partial charge in [0, 0.05) is 0 Å². The third-order valence-electron chi connectivity index (χ3n) is 0.777. The molecule has 0 atom stereocenters. The maximum atomic E-state index is 9.98. The van der Waals surface area contributed by atoms with E-state index in [-0.39, 0.29) is 5.81 Å². The largest absolute Gasteiger partial charge is 0.379 e. The Morgan fingerprint density at radius 2 is 2.43 bits per heavy atom. The Hall–Kier alpha value is -0.465. The van der Waals surface area contributed by atoms with Crippen LogP contribution >= 0.6 is 0 Å². The summed E-state index contributed by atoms with van der Waals surface area (Å²) < 4.78 is 0. The van der Waals surface area contributed by atoms with Gasteiger partial charge in [0.2, 0.25) is 7.28 Å². The molecule has 0 radical (unpaired) electrons. The fraction of sp³-hybridized carbons (Fsp3) is 0.750. The highest BCUT2D eigenvalue weighted by molar-refractivity contribution is 6.73. The summed E-state index contributed by atoms with van der Waals surface area (Å²) in [5.74, 6) is -0.193. The van der Waals surface area contributed by atoms with Crippen molar-refractivity contribution in [1.82, 2.24) is 0 Å². The van der Waals surface area contributed by atoms with Gasteiger partial charge in [-0.1, -0.05) is 19.7 Å². The highest BCUT2D eigenvalue weighted by Crippen LogP contribution is 1.82. The molecule has 0 saturated heterocycles. The fourth-order valence-electron chi connectivity index (χ4n) is 0.351. The van der Waals surface area contributed by atoms with Crippen LogP contribution < -0.4 is 5.73 Å². The van der Waals surface area contributed by atoms with Crippen LogP contribution in [0.3, 0.4) is 0 Å². The molecule has 0 aliphatic carbocycles. The lowest BCUT2D eigenvalue weighted by Crippen LogP contribution is -2.16. The van der Waals surface area contributed by atoms with Gasteiger partial charge in [-0.2, -0.15) is 0 Å². The SMILES string of the molecule is CCCBC(N)=O. The lowest BCUT2D eigenvalue weighted by atomic mass is 9.73. The van der Waals surface area contributed by atoms with Gasteiger partial charge in [0.15, 0.2) is 5.81 Å². The van der Waals surface area contributed by atoms with Gasteiger partial charge in [0.05, 0.1) is 0 Å². The predicted octanol–water partition coefficient (Wildman–Crippen LogP) is 0.330. The van der Waals surface area contributed by atoms with E-state index in [9.17, 15) is 4.79 Å². The van der Waals surface area contributed by atoms with Crippen molar-refractivity contribution in [3.05, 3.63) is 0 Å². The van der Waals surface area contributed by atoms with E-state index >= 15 is 0 Å². The van der Waals surface area contributed by atoms with Gasteiger partial charge < -0.3 is 5.73 Å². The Morgan fingerprint density at radius 3 is 2.57 bits per heavy atom. The van der Waals surface area contributed by atoms with Crippen molar-refractivity contribution < 1.29 is 4.79 Å². The summed E-state index contributed by atoms with van der Waals surface area (Å²) >= 11 is 0. The van der Waals surface area contributed by atoms with Crippen LogP contribution in [0, 0.1) is 0 Å². The van der Waals surface area contributed by atoms with Crippen LogP contribution in [-0.4, -0.2) is 13.1 Å². The summed E-state index contributed by atoms with van der Waals surface area (Å²) in [7, 11) is 0.538. The zero-order valence-corrected chi connectivity index (χ0v) is 4.61. The lowest BCUT2D eigenvalue weighted by molar-refractivity contribution is 0.265. The molecule has 3 heteroatoms. The lowest BCUT2D eigenvalue weighted by Gasteiger charge is -1.84. The highest BCUT2D eigenvalue weighted by Gasteiger charge is 1.92. The minimum absolute atomic E-state index is 0.193. The number of nitrogens with two attached hydrogens (primary N) is 1. The van der Waals surface area contributed by atoms with Crippen LogP contribution in [-0.2, 0) is 0 Å². The molecule has 0 fully saturated rings. The molecule has 0 aromatic rings. The normalized spacial score (nSPS) is 8.14. The Balaban J connectivity index is 2.82. The molecule has 0 saturated carbocycles. The summed E-state index contributed by atoms with van der Waals surface area (Å²) in [6, 6.07) is 0. The minimum atomic E-state index is -0.193. The average molecular weight is 98.9 g/mol. The van der Waals surface area contributed by atoms with Crippen LogP contribution in [0.15, 0.2) is 0 Å². The number of amides is 1. The molecule has 0 spiro atoms. The Bertz CT molecular complexity index is 64.7. The number of rotatable bonds is 3. The summed E-state index contributed by atoms with van der Waals surface area (Å²) in [6.45, 7) is 2.03. The first kappa shape index (κ1) is 6.53. The number of hydrogen-bond acceptors (Lipinski definition) is 1. The van der Waals surface area contributed by atoms with Crippen LogP contribution in [0.25, 0.3) is 0 Å². The monoisotopic (exact) mass is 99.1 g/mol. The highest BCUT2D eigenvalue weighted by atomic mass is 16.1. The molecule has 2 nitrogen and oxygen atoms in total. The second kappa shape index (κ2) is 3.72. The first-order valence-corrected chi connectivity index (χ1v) is 2.55. The van der Waals surface area contributed by atoms with E-state index in [4.69, 9.17) is 5.73 Å². The molecule has 0 aromatic heterocycles. The van der Waals surface area contributed by atoms with Crippen LogP contribution in [0.1, 0.15) is 13.3 Å². The number of hydrogen-bond donors (Lipinski definition) is 1. The molecule has 1 amide bonds. The smallest absolute Gasteiger partial charge is 0.233 e. The van der Waals surface area contributed by atoms with Crippen molar-refractivity contribution in [3.8, 4) is 0 Å². The summed E-state index contributed by atoms with van der Waals surface area (Å²) in [5, 5.41) is 0. The molecule has 0 aliphatic rings. The molecule has 0 bridgehead atoms. The predicted molar refractivity (Wildman–Crippen MR) is 31.8 cm³/mol. The van der Waals surface area contributed by atoms with E-state index in [0.717, 1.165) is 12.7 Å². The fourth-order valence-corrected chi connectivity index (χ4v) is 0.351. The maximum Gasteiger partial charge on any atom is 0.233 e. The van der Waals surface area contributed by atoms with E-state index < -0.39 is 0 Å². The van der Waals surface area contributed by atoms with E-state index in [0.29, 0.717) is 7.28 Å². The van der Waals surface area contributed by atoms with Gasteiger partial charge >= 0.3 is 0 Å². The first-order valence-electron chi connectivity index (χ1n) is 2.55. The molecule has 0 heterocycles. The van der Waals surface area contributed by atoms with Crippen molar-refractivity contribution >= 4 is 13.1 Å². The van der Waals surface area contributed by atoms with Gasteiger partial charge in [-0.3, -0.25) is 4.79 Å². The Morgan fingerprint density at radius 1 is 1.86 bits per heavy atom. The van der Waals surface area contributed by atoms with Crippen LogP contribution in [0.4, 0.5) is 4.79 Å². The summed E-state index contributed by atoms with van der Waals surface area (Å²) in [4.78, 5) is 9.98. The third kappa shape index (κ3) is 5.53. The zero-order chi connectivity index (χ0) is 5.70. The maximum absolute atomic E-state index is 9.98. The van der Waals surface area contributed by atoms with Gasteiger partial charge in [0.1, 0.15) is 0 Å². The van der Waals surface area contributed by atoms with Crippen LogP contribution in [0.5, 0.6) is 0 Å². The topological polar surface area (TPSA) is 43.1 Å². The first-order chi connectivity index (χ1) is 3.27. The molecule has 0 aromatic carbocycles. The second-order valence-corrected chi connectivity index (χ2v) is 1.57. The van der Waals surface area contributed by atoms with Crippen LogP contribution in [0.2, 0.25) is 6.32 Å². The molecular weight excluding hydrogens is 88.9 g/mol. The average Bonchev–Trinajstić information content (AvgIpc) is 1.61. The number of primary amides is 1. The quantitative estimate of drug-likeness (QED) is 0.509. The van der Waals surface area contributed by atoms with Crippen molar-refractivity contribution in [3.63, 3.8) is 0 Å². The summed E-state index contributed by atoms with van der Waals surface area (Å²) in [6.07, 6.45) is 1.97. The van der Waals surface area contributed by atoms with E-state index in [1.807, 2.05) is 6.92 Å². The molecule has 0 rings (SSSR count). The molecule has 7 heavy (non-hydrogen) atoms. The number of carbonyl (C=O) groups is 1. The third-order valence-corrected chi connectivity index (χ3v) is 0.777. The van der Waals surface area contributed by atoms with E-state index in [2.05, 4.69) is 0 Å². The summed E-state index contributed by atoms with van der Waals surface area (Å²) in [5.41, 5.74) is 4.84. The minimum Gasteiger partial charge on any atom is -0.379 e. The number of carbonyl (C=O) groups excluding carboxylic acids is 1. The second-order valence-electron chi connectivity index (χ2n) is 1.57. The van der Waals surface area contributed by atoms with Crippen molar-refractivity contribution in [2.45, 2.75) is 19.7 Å². The van der Waals surface area contributed by atoms with Crippen molar-refractivity contribution in [2.24, 2.45) is 5.73 Å². The van der Waals surface area contributed by atoms with Crippen molar-refractivity contribution in [2.75, 3.05) is 0 Å². The van der Waals surface area contributed by atoms with E-state index in [1.165, 1.54) is 0 Å².